The number of unbranched alkanes of at least 4 members (excludes halogenated alkanes) is 2. The Hall–Kier alpha value is -1.12. The molecular formula is C14H22O3. The third-order valence-electron chi connectivity index (χ3n) is 3.10. The first-order valence-corrected chi connectivity index (χ1v) is 6.60. The van der Waals surface area contributed by atoms with E-state index in [1.807, 2.05) is 6.08 Å². The number of hydrogen-bond acceptors (Lipinski definition) is 3. The van der Waals surface area contributed by atoms with Gasteiger partial charge in [0.05, 0.1) is 12.5 Å². The van der Waals surface area contributed by atoms with Crippen LogP contribution in [0.1, 0.15) is 52.4 Å². The molecule has 0 amide bonds. The monoisotopic (exact) mass is 238 g/mol. The fraction of sp³-hybridized carbons (Fsp3) is 0.714. The van der Waals surface area contributed by atoms with Crippen LogP contribution in [0.2, 0.25) is 0 Å². The van der Waals surface area contributed by atoms with Gasteiger partial charge in [0, 0.05) is 12.0 Å². The molecule has 0 spiro atoms. The maximum atomic E-state index is 11.9. The molecule has 96 valence electrons. The molecule has 3 heteroatoms. The predicted octanol–water partition coefficient (Wildman–Crippen LogP) is 3.04. The zero-order valence-electron chi connectivity index (χ0n) is 10.8. The second-order valence-electron chi connectivity index (χ2n) is 4.42. The molecule has 0 bridgehead atoms. The Balaban J connectivity index is 2.64. The fourth-order valence-electron chi connectivity index (χ4n) is 2.20. The van der Waals surface area contributed by atoms with Gasteiger partial charge in [0.2, 0.25) is 0 Å². The highest BCUT2D eigenvalue weighted by Crippen LogP contribution is 2.27. The van der Waals surface area contributed by atoms with Gasteiger partial charge >= 0.3 is 5.97 Å². The van der Waals surface area contributed by atoms with Gasteiger partial charge in [-0.1, -0.05) is 32.3 Å². The molecule has 0 aliphatic heterocycles. The summed E-state index contributed by atoms with van der Waals surface area (Å²) < 4.78 is 5.06. The summed E-state index contributed by atoms with van der Waals surface area (Å²) in [5, 5.41) is 0. The Labute approximate surface area is 103 Å². The van der Waals surface area contributed by atoms with Crippen molar-refractivity contribution in [3.8, 4) is 0 Å². The number of ketones is 1. The highest BCUT2D eigenvalue weighted by atomic mass is 16.5. The fourth-order valence-corrected chi connectivity index (χ4v) is 2.20. The molecule has 1 aliphatic carbocycles. The quantitative estimate of drug-likeness (QED) is 0.506. The topological polar surface area (TPSA) is 43.4 Å². The van der Waals surface area contributed by atoms with Gasteiger partial charge < -0.3 is 4.74 Å². The molecule has 1 unspecified atom stereocenters. The number of rotatable bonds is 7. The lowest BCUT2D eigenvalue weighted by molar-refractivity contribution is -0.147. The van der Waals surface area contributed by atoms with Crippen molar-refractivity contribution in [3.05, 3.63) is 11.6 Å². The van der Waals surface area contributed by atoms with E-state index in [1.165, 1.54) is 0 Å². The van der Waals surface area contributed by atoms with Gasteiger partial charge in [0.1, 0.15) is 0 Å². The third kappa shape index (κ3) is 3.99. The van der Waals surface area contributed by atoms with Crippen molar-refractivity contribution >= 4 is 11.8 Å². The molecule has 0 radical (unpaired) electrons. The van der Waals surface area contributed by atoms with Gasteiger partial charge in [-0.05, 0) is 19.8 Å². The SMILES string of the molecule is CCCCCC(C(=O)OCC)C1=CCCC1=O. The van der Waals surface area contributed by atoms with E-state index in [4.69, 9.17) is 4.74 Å². The second kappa shape index (κ2) is 7.25. The minimum Gasteiger partial charge on any atom is -0.466 e. The number of carbonyl (C=O) groups excluding carboxylic acids is 2. The number of carbonyl (C=O) groups is 2. The Morgan fingerprint density at radius 3 is 2.71 bits per heavy atom. The predicted molar refractivity (Wildman–Crippen MR) is 66.6 cm³/mol. The number of Topliss-reactive ketones (excluding diaryl/α,β-unsaturated/α-hetero) is 1. The summed E-state index contributed by atoms with van der Waals surface area (Å²) in [7, 11) is 0. The molecule has 0 aromatic carbocycles. The van der Waals surface area contributed by atoms with E-state index in [2.05, 4.69) is 6.92 Å². The van der Waals surface area contributed by atoms with Crippen LogP contribution < -0.4 is 0 Å². The first-order chi connectivity index (χ1) is 8.20. The minimum absolute atomic E-state index is 0.125. The molecule has 17 heavy (non-hydrogen) atoms. The van der Waals surface area contributed by atoms with Gasteiger partial charge in [0.25, 0.3) is 0 Å². The number of ether oxygens (including phenoxy) is 1. The second-order valence-corrected chi connectivity index (χ2v) is 4.42. The molecule has 0 saturated carbocycles. The van der Waals surface area contributed by atoms with E-state index in [1.54, 1.807) is 6.92 Å². The van der Waals surface area contributed by atoms with Gasteiger partial charge in [-0.25, -0.2) is 0 Å². The van der Waals surface area contributed by atoms with Crippen molar-refractivity contribution in [1.82, 2.24) is 0 Å². The van der Waals surface area contributed by atoms with E-state index in [-0.39, 0.29) is 17.7 Å². The van der Waals surface area contributed by atoms with Gasteiger partial charge in [0.15, 0.2) is 5.78 Å². The van der Waals surface area contributed by atoms with Crippen molar-refractivity contribution in [2.75, 3.05) is 6.61 Å². The molecule has 3 nitrogen and oxygen atoms in total. The normalized spacial score (nSPS) is 16.8. The van der Waals surface area contributed by atoms with Crippen LogP contribution in [0.25, 0.3) is 0 Å². The molecule has 0 aromatic rings. The average Bonchev–Trinajstić information content (AvgIpc) is 2.71. The molecule has 1 atom stereocenters. The van der Waals surface area contributed by atoms with Crippen molar-refractivity contribution in [2.24, 2.45) is 5.92 Å². The van der Waals surface area contributed by atoms with Crippen LogP contribution in [0.5, 0.6) is 0 Å². The van der Waals surface area contributed by atoms with Crippen LogP contribution in [0.3, 0.4) is 0 Å². The lowest BCUT2D eigenvalue weighted by Crippen LogP contribution is -2.22. The van der Waals surface area contributed by atoms with E-state index in [0.29, 0.717) is 18.6 Å². The van der Waals surface area contributed by atoms with Crippen molar-refractivity contribution < 1.29 is 14.3 Å². The molecule has 1 rings (SSSR count). The van der Waals surface area contributed by atoms with E-state index < -0.39 is 0 Å². The summed E-state index contributed by atoms with van der Waals surface area (Å²) >= 11 is 0. The third-order valence-corrected chi connectivity index (χ3v) is 3.10. The smallest absolute Gasteiger partial charge is 0.313 e. The zero-order chi connectivity index (χ0) is 12.7. The number of esters is 1. The maximum Gasteiger partial charge on any atom is 0.313 e. The molecule has 0 N–H and O–H groups in total. The van der Waals surface area contributed by atoms with Crippen LogP contribution in [-0.2, 0) is 14.3 Å². The summed E-state index contributed by atoms with van der Waals surface area (Å²) in [6.45, 7) is 4.30. The summed E-state index contributed by atoms with van der Waals surface area (Å²) in [5.41, 5.74) is 0.694. The van der Waals surface area contributed by atoms with Crippen LogP contribution >= 0.6 is 0 Å². The molecule has 1 aliphatic rings. The van der Waals surface area contributed by atoms with Crippen molar-refractivity contribution in [2.45, 2.75) is 52.4 Å². The minimum atomic E-state index is -0.323. The number of allylic oxidation sites excluding steroid dienone is 1. The van der Waals surface area contributed by atoms with Crippen LogP contribution in [-0.4, -0.2) is 18.4 Å². The maximum absolute atomic E-state index is 11.9. The number of hydrogen-bond donors (Lipinski definition) is 0. The van der Waals surface area contributed by atoms with Crippen LogP contribution in [0, 0.1) is 5.92 Å². The average molecular weight is 238 g/mol. The van der Waals surface area contributed by atoms with Gasteiger partial charge in [-0.15, -0.1) is 0 Å². The lowest BCUT2D eigenvalue weighted by Gasteiger charge is -2.15. The summed E-state index contributed by atoms with van der Waals surface area (Å²) in [4.78, 5) is 23.5. The van der Waals surface area contributed by atoms with E-state index >= 15 is 0 Å². The largest absolute Gasteiger partial charge is 0.466 e. The van der Waals surface area contributed by atoms with Crippen molar-refractivity contribution in [1.29, 1.82) is 0 Å². The summed E-state index contributed by atoms with van der Waals surface area (Å²) in [6.07, 6.45) is 7.17. The van der Waals surface area contributed by atoms with E-state index in [0.717, 1.165) is 32.1 Å². The highest BCUT2D eigenvalue weighted by molar-refractivity contribution is 6.02. The zero-order valence-corrected chi connectivity index (χ0v) is 10.8. The first-order valence-electron chi connectivity index (χ1n) is 6.60. The molecule has 0 fully saturated rings. The molecule has 0 saturated heterocycles. The van der Waals surface area contributed by atoms with Gasteiger partial charge in [-0.2, -0.15) is 0 Å². The first kappa shape index (κ1) is 13.9. The lowest BCUT2D eigenvalue weighted by atomic mass is 9.92. The van der Waals surface area contributed by atoms with Gasteiger partial charge in [-0.3, -0.25) is 9.59 Å². The van der Waals surface area contributed by atoms with Crippen LogP contribution in [0.4, 0.5) is 0 Å². The standard InChI is InChI=1S/C14H22O3/c1-3-5-6-8-12(14(16)17-4-2)11-9-7-10-13(11)15/h9,12H,3-8,10H2,1-2H3. The Morgan fingerprint density at radius 2 is 2.18 bits per heavy atom. The Kier molecular flexibility index (Phi) is 5.95. The van der Waals surface area contributed by atoms with E-state index in [9.17, 15) is 9.59 Å². The highest BCUT2D eigenvalue weighted by Gasteiger charge is 2.30. The summed E-state index contributed by atoms with van der Waals surface area (Å²) in [5.74, 6) is -0.429. The molecular weight excluding hydrogens is 216 g/mol. The summed E-state index contributed by atoms with van der Waals surface area (Å²) in [6, 6.07) is 0. The Bertz CT molecular complexity index is 305. The Morgan fingerprint density at radius 1 is 1.41 bits per heavy atom. The van der Waals surface area contributed by atoms with Crippen molar-refractivity contribution in [3.63, 3.8) is 0 Å². The van der Waals surface area contributed by atoms with Crippen LogP contribution in [0.15, 0.2) is 11.6 Å². The molecule has 0 heterocycles. The molecule has 0 aromatic heterocycles.